The van der Waals surface area contributed by atoms with E-state index in [1.165, 1.54) is 7.11 Å². The molecule has 3 amide bonds. The summed E-state index contributed by atoms with van der Waals surface area (Å²) in [5, 5.41) is 5.56. The normalized spacial score (nSPS) is 16.9. The number of methoxy groups -OCH3 is 1. The van der Waals surface area contributed by atoms with E-state index < -0.39 is 23.3 Å². The lowest BCUT2D eigenvalue weighted by atomic mass is 9.79. The fourth-order valence-corrected chi connectivity index (χ4v) is 3.22. The molecule has 0 aromatic heterocycles. The molecule has 1 aliphatic heterocycles. The predicted molar refractivity (Wildman–Crippen MR) is 104 cm³/mol. The summed E-state index contributed by atoms with van der Waals surface area (Å²) in [6.07, 6.45) is 0.922. The van der Waals surface area contributed by atoms with E-state index in [1.54, 1.807) is 24.3 Å². The molecule has 0 spiro atoms. The van der Waals surface area contributed by atoms with Gasteiger partial charge in [0.2, 0.25) is 11.8 Å². The number of benzene rings is 1. The predicted octanol–water partition coefficient (Wildman–Crippen LogP) is 0.848. The first-order valence-corrected chi connectivity index (χ1v) is 9.40. The minimum Gasteiger partial charge on any atom is -0.496 e. The van der Waals surface area contributed by atoms with Crippen molar-refractivity contribution in [1.82, 2.24) is 10.6 Å². The van der Waals surface area contributed by atoms with Crippen LogP contribution in [0.3, 0.4) is 0 Å². The molecule has 8 nitrogen and oxygen atoms in total. The molecule has 1 aromatic rings. The Morgan fingerprint density at radius 1 is 1.21 bits per heavy atom. The molecule has 0 saturated carbocycles. The molecule has 1 saturated heterocycles. The molecule has 4 N–H and O–H groups in total. The first-order chi connectivity index (χ1) is 13.3. The molecule has 2 rings (SSSR count). The summed E-state index contributed by atoms with van der Waals surface area (Å²) in [7, 11) is 1.48. The van der Waals surface area contributed by atoms with Crippen LogP contribution in [0, 0.1) is 11.3 Å². The third-order valence-corrected chi connectivity index (χ3v) is 5.16. The lowest BCUT2D eigenvalue weighted by Crippen LogP contribution is -2.54. The van der Waals surface area contributed by atoms with Crippen LogP contribution in [0.2, 0.25) is 0 Å². The minimum atomic E-state index is -0.817. The molecule has 0 bridgehead atoms. The fourth-order valence-electron chi connectivity index (χ4n) is 3.22. The van der Waals surface area contributed by atoms with Crippen LogP contribution in [0.15, 0.2) is 24.3 Å². The summed E-state index contributed by atoms with van der Waals surface area (Å²) < 4.78 is 10.5. The van der Waals surface area contributed by atoms with Gasteiger partial charge in [0.25, 0.3) is 5.91 Å². The van der Waals surface area contributed by atoms with Crippen molar-refractivity contribution < 1.29 is 23.9 Å². The van der Waals surface area contributed by atoms with E-state index in [9.17, 15) is 14.4 Å². The van der Waals surface area contributed by atoms with Gasteiger partial charge in [0.1, 0.15) is 11.8 Å². The first-order valence-electron chi connectivity index (χ1n) is 9.40. The van der Waals surface area contributed by atoms with Gasteiger partial charge in [-0.05, 0) is 30.9 Å². The Morgan fingerprint density at radius 2 is 1.86 bits per heavy atom. The first kappa shape index (κ1) is 21.7. The van der Waals surface area contributed by atoms with E-state index in [0.29, 0.717) is 37.4 Å². The van der Waals surface area contributed by atoms with E-state index in [2.05, 4.69) is 10.6 Å². The van der Waals surface area contributed by atoms with E-state index in [4.69, 9.17) is 15.2 Å². The average molecular weight is 391 g/mol. The number of para-hydroxylation sites is 1. The van der Waals surface area contributed by atoms with Gasteiger partial charge in [-0.1, -0.05) is 26.0 Å². The Hall–Kier alpha value is -2.61. The van der Waals surface area contributed by atoms with Gasteiger partial charge >= 0.3 is 0 Å². The van der Waals surface area contributed by atoms with Crippen molar-refractivity contribution in [3.63, 3.8) is 0 Å². The average Bonchev–Trinajstić information content (AvgIpc) is 2.70. The second-order valence-electron chi connectivity index (χ2n) is 7.37. The summed E-state index contributed by atoms with van der Waals surface area (Å²) in [6.45, 7) is 4.66. The van der Waals surface area contributed by atoms with Crippen molar-refractivity contribution in [2.24, 2.45) is 17.1 Å². The molecule has 1 aliphatic rings. The Morgan fingerprint density at radius 3 is 2.43 bits per heavy atom. The zero-order valence-corrected chi connectivity index (χ0v) is 16.6. The molecule has 28 heavy (non-hydrogen) atoms. The number of rotatable bonds is 8. The molecule has 1 heterocycles. The number of hydrogen-bond donors (Lipinski definition) is 3. The van der Waals surface area contributed by atoms with Crippen molar-refractivity contribution in [3.05, 3.63) is 29.8 Å². The molecule has 1 aromatic carbocycles. The number of amides is 3. The van der Waals surface area contributed by atoms with Crippen molar-refractivity contribution in [3.8, 4) is 5.75 Å². The SMILES string of the molecule is COc1ccccc1C(=O)NC(C(=O)NCC1(C(N)=O)CCOCC1)C(C)C. The van der Waals surface area contributed by atoms with Crippen LogP contribution >= 0.6 is 0 Å². The van der Waals surface area contributed by atoms with E-state index in [1.807, 2.05) is 13.8 Å². The minimum absolute atomic E-state index is 0.123. The van der Waals surface area contributed by atoms with Crippen LogP contribution in [0.4, 0.5) is 0 Å². The molecule has 0 aliphatic carbocycles. The Labute approximate surface area is 165 Å². The van der Waals surface area contributed by atoms with Crippen LogP contribution in [-0.2, 0) is 14.3 Å². The number of carbonyl (C=O) groups is 3. The zero-order chi connectivity index (χ0) is 20.7. The Kier molecular flexibility index (Phi) is 7.39. The van der Waals surface area contributed by atoms with Crippen LogP contribution in [-0.4, -0.2) is 50.6 Å². The number of nitrogens with one attached hydrogen (secondary N) is 2. The van der Waals surface area contributed by atoms with E-state index in [-0.39, 0.29) is 18.4 Å². The van der Waals surface area contributed by atoms with Crippen molar-refractivity contribution in [1.29, 1.82) is 0 Å². The summed E-state index contributed by atoms with van der Waals surface area (Å²) in [5.41, 5.74) is 5.11. The van der Waals surface area contributed by atoms with Crippen LogP contribution < -0.4 is 21.1 Å². The number of hydrogen-bond acceptors (Lipinski definition) is 5. The standard InChI is InChI=1S/C20H29N3O5/c1-13(2)16(23-17(24)14-6-4-5-7-15(14)27-3)18(25)22-12-20(19(21)26)8-10-28-11-9-20/h4-7,13,16H,8-12H2,1-3H3,(H2,21,26)(H,22,25)(H,23,24). The smallest absolute Gasteiger partial charge is 0.255 e. The lowest BCUT2D eigenvalue weighted by molar-refractivity contribution is -0.134. The summed E-state index contributed by atoms with van der Waals surface area (Å²) >= 11 is 0. The molecule has 0 radical (unpaired) electrons. The second-order valence-corrected chi connectivity index (χ2v) is 7.37. The lowest BCUT2D eigenvalue weighted by Gasteiger charge is -2.35. The maximum Gasteiger partial charge on any atom is 0.255 e. The largest absolute Gasteiger partial charge is 0.496 e. The second kappa shape index (κ2) is 9.54. The molecular weight excluding hydrogens is 362 g/mol. The van der Waals surface area contributed by atoms with Crippen LogP contribution in [0.1, 0.15) is 37.0 Å². The summed E-state index contributed by atoms with van der Waals surface area (Å²) in [4.78, 5) is 37.4. The highest BCUT2D eigenvalue weighted by Gasteiger charge is 2.39. The van der Waals surface area contributed by atoms with E-state index >= 15 is 0 Å². The molecule has 154 valence electrons. The zero-order valence-electron chi connectivity index (χ0n) is 16.6. The van der Waals surface area contributed by atoms with Crippen LogP contribution in [0.25, 0.3) is 0 Å². The van der Waals surface area contributed by atoms with Gasteiger partial charge in [0.05, 0.1) is 18.1 Å². The highest BCUT2D eigenvalue weighted by atomic mass is 16.5. The monoisotopic (exact) mass is 391 g/mol. The number of carbonyl (C=O) groups excluding carboxylic acids is 3. The summed E-state index contributed by atoms with van der Waals surface area (Å²) in [6, 6.07) is 6.04. The highest BCUT2D eigenvalue weighted by Crippen LogP contribution is 2.29. The van der Waals surface area contributed by atoms with Gasteiger partial charge in [0.15, 0.2) is 0 Å². The Balaban J connectivity index is 2.07. The fraction of sp³-hybridized carbons (Fsp3) is 0.550. The van der Waals surface area contributed by atoms with Crippen molar-refractivity contribution in [2.45, 2.75) is 32.7 Å². The van der Waals surface area contributed by atoms with Gasteiger partial charge in [-0.3, -0.25) is 14.4 Å². The Bertz CT molecular complexity index is 714. The van der Waals surface area contributed by atoms with Gasteiger partial charge in [-0.2, -0.15) is 0 Å². The molecule has 1 fully saturated rings. The number of ether oxygens (including phenoxy) is 2. The number of nitrogens with two attached hydrogens (primary N) is 1. The van der Waals surface area contributed by atoms with E-state index in [0.717, 1.165) is 0 Å². The molecule has 8 heteroatoms. The third kappa shape index (κ3) is 5.01. The topological polar surface area (TPSA) is 120 Å². The maximum atomic E-state index is 12.8. The maximum absolute atomic E-state index is 12.8. The molecular formula is C20H29N3O5. The summed E-state index contributed by atoms with van der Waals surface area (Å²) in [5.74, 6) is -0.932. The molecule has 1 unspecified atom stereocenters. The number of primary amides is 1. The quantitative estimate of drug-likeness (QED) is 0.607. The van der Waals surface area contributed by atoms with Gasteiger partial charge < -0.3 is 25.8 Å². The van der Waals surface area contributed by atoms with Crippen molar-refractivity contribution in [2.75, 3.05) is 26.9 Å². The van der Waals surface area contributed by atoms with Crippen molar-refractivity contribution >= 4 is 17.7 Å². The third-order valence-electron chi connectivity index (χ3n) is 5.16. The van der Waals surface area contributed by atoms with Gasteiger partial charge in [-0.15, -0.1) is 0 Å². The van der Waals surface area contributed by atoms with Gasteiger partial charge in [0, 0.05) is 19.8 Å². The van der Waals surface area contributed by atoms with Crippen LogP contribution in [0.5, 0.6) is 5.75 Å². The van der Waals surface area contributed by atoms with Gasteiger partial charge in [-0.25, -0.2) is 0 Å². The highest BCUT2D eigenvalue weighted by molar-refractivity contribution is 5.99. The molecule has 1 atom stereocenters.